The molecule has 0 bridgehead atoms. The molecule has 2 aromatic heterocycles. The molecule has 10 nitrogen and oxygen atoms in total. The van der Waals surface area contributed by atoms with Crippen LogP contribution in [0.2, 0.25) is 0 Å². The summed E-state index contributed by atoms with van der Waals surface area (Å²) in [4.78, 5) is 24.3. The van der Waals surface area contributed by atoms with Crippen molar-refractivity contribution in [3.05, 3.63) is 12.7 Å². The Morgan fingerprint density at radius 1 is 1.40 bits per heavy atom. The van der Waals surface area contributed by atoms with Gasteiger partial charge in [0.15, 0.2) is 23.5 Å². The number of imidazole rings is 1. The van der Waals surface area contributed by atoms with Crippen molar-refractivity contribution in [1.29, 1.82) is 0 Å². The van der Waals surface area contributed by atoms with Crippen LogP contribution < -0.4 is 4.74 Å². The van der Waals surface area contributed by atoms with E-state index in [-0.39, 0.29) is 11.8 Å². The van der Waals surface area contributed by atoms with E-state index in [2.05, 4.69) is 15.0 Å². The Balaban J connectivity index is 2.00. The number of fused-ring (bicyclic) bond motifs is 1. The first kappa shape index (κ1) is 17.5. The van der Waals surface area contributed by atoms with Crippen LogP contribution in [0.3, 0.4) is 0 Å². The fourth-order valence-electron chi connectivity index (χ4n) is 2.66. The minimum absolute atomic E-state index is 0.289. The van der Waals surface area contributed by atoms with Crippen LogP contribution in [-0.2, 0) is 14.3 Å². The maximum absolute atomic E-state index is 12.0. The SMILES string of the molecule is COc1ncnc2c1ncn2[C@@H]1O[C@H](CO)[C@@H](O)[C@@H]1OC(=O)C(C)C. The molecule has 136 valence electrons. The van der Waals surface area contributed by atoms with Crippen molar-refractivity contribution in [1.82, 2.24) is 19.5 Å². The molecule has 2 N–H and O–H groups in total. The fraction of sp³-hybridized carbons (Fsp3) is 0.600. The number of aromatic nitrogens is 4. The number of hydrogen-bond acceptors (Lipinski definition) is 9. The van der Waals surface area contributed by atoms with Gasteiger partial charge in [-0.05, 0) is 0 Å². The third-order valence-electron chi connectivity index (χ3n) is 4.01. The lowest BCUT2D eigenvalue weighted by Gasteiger charge is -2.22. The molecule has 25 heavy (non-hydrogen) atoms. The van der Waals surface area contributed by atoms with E-state index < -0.39 is 37.1 Å². The molecule has 1 aliphatic rings. The standard InChI is InChI=1S/C15H20N4O6/c1-7(2)15(22)25-11-10(21)8(4-20)24-14(11)19-6-18-9-12(19)16-5-17-13(9)23-3/h5-8,10-11,14,20-21H,4H2,1-3H3/t8-,10-,11+,14-/m1/s1. The molecule has 0 aliphatic carbocycles. The summed E-state index contributed by atoms with van der Waals surface area (Å²) in [6.07, 6.45) is -1.22. The lowest BCUT2D eigenvalue weighted by Crippen LogP contribution is -2.37. The normalized spacial score (nSPS) is 26.3. The molecule has 0 saturated carbocycles. The zero-order chi connectivity index (χ0) is 18.1. The van der Waals surface area contributed by atoms with Crippen molar-refractivity contribution >= 4 is 17.1 Å². The van der Waals surface area contributed by atoms with E-state index in [4.69, 9.17) is 14.2 Å². The van der Waals surface area contributed by atoms with E-state index in [1.165, 1.54) is 24.3 Å². The molecule has 0 unspecified atom stereocenters. The predicted octanol–water partition coefficient (Wildman–Crippen LogP) is -0.347. The average Bonchev–Trinajstić information content (AvgIpc) is 3.16. The first-order valence-electron chi connectivity index (χ1n) is 7.84. The number of aliphatic hydroxyl groups excluding tert-OH is 2. The molecule has 2 aromatic rings. The first-order chi connectivity index (χ1) is 12.0. The van der Waals surface area contributed by atoms with E-state index in [1.54, 1.807) is 13.8 Å². The van der Waals surface area contributed by atoms with Gasteiger partial charge in [-0.3, -0.25) is 9.36 Å². The van der Waals surface area contributed by atoms with Crippen molar-refractivity contribution in [2.24, 2.45) is 5.92 Å². The molecule has 3 heterocycles. The van der Waals surface area contributed by atoms with E-state index >= 15 is 0 Å². The van der Waals surface area contributed by atoms with Gasteiger partial charge in [0, 0.05) is 0 Å². The van der Waals surface area contributed by atoms with Crippen LogP contribution in [0.25, 0.3) is 11.2 Å². The molecule has 4 atom stereocenters. The van der Waals surface area contributed by atoms with E-state index in [0.717, 1.165) is 0 Å². The van der Waals surface area contributed by atoms with Crippen LogP contribution in [0.5, 0.6) is 5.88 Å². The smallest absolute Gasteiger partial charge is 0.308 e. The van der Waals surface area contributed by atoms with Gasteiger partial charge in [-0.2, -0.15) is 4.98 Å². The Hall–Kier alpha value is -2.30. The number of rotatable bonds is 5. The summed E-state index contributed by atoms with van der Waals surface area (Å²) >= 11 is 0. The van der Waals surface area contributed by atoms with Crippen LogP contribution in [0.4, 0.5) is 0 Å². The number of hydrogen-bond donors (Lipinski definition) is 2. The third kappa shape index (κ3) is 3.03. The topological polar surface area (TPSA) is 129 Å². The van der Waals surface area contributed by atoms with Crippen molar-refractivity contribution in [2.45, 2.75) is 38.4 Å². The number of methoxy groups -OCH3 is 1. The number of carbonyl (C=O) groups is 1. The van der Waals surface area contributed by atoms with Gasteiger partial charge in [-0.15, -0.1) is 0 Å². The monoisotopic (exact) mass is 352 g/mol. The highest BCUT2D eigenvalue weighted by Crippen LogP contribution is 2.34. The molecule has 0 aromatic carbocycles. The second-order valence-electron chi connectivity index (χ2n) is 6.00. The van der Waals surface area contributed by atoms with Gasteiger partial charge in [-0.25, -0.2) is 9.97 Å². The summed E-state index contributed by atoms with van der Waals surface area (Å²) in [7, 11) is 1.46. The molecule has 1 saturated heterocycles. The number of carbonyl (C=O) groups excluding carboxylic acids is 1. The minimum Gasteiger partial charge on any atom is -0.479 e. The Labute approximate surface area is 143 Å². The zero-order valence-corrected chi connectivity index (χ0v) is 14.1. The van der Waals surface area contributed by atoms with Gasteiger partial charge in [0.2, 0.25) is 5.88 Å². The second kappa shape index (κ2) is 6.90. The van der Waals surface area contributed by atoms with E-state index in [1.807, 2.05) is 0 Å². The Morgan fingerprint density at radius 3 is 2.80 bits per heavy atom. The molecule has 1 aliphatic heterocycles. The quantitative estimate of drug-likeness (QED) is 0.694. The second-order valence-corrected chi connectivity index (χ2v) is 6.00. The fourth-order valence-corrected chi connectivity index (χ4v) is 2.66. The lowest BCUT2D eigenvalue weighted by molar-refractivity contribution is -0.162. The molecule has 3 rings (SSSR count). The van der Waals surface area contributed by atoms with Gasteiger partial charge < -0.3 is 24.4 Å². The summed E-state index contributed by atoms with van der Waals surface area (Å²) in [6, 6.07) is 0. The van der Waals surface area contributed by atoms with E-state index in [0.29, 0.717) is 11.2 Å². The summed E-state index contributed by atoms with van der Waals surface area (Å²) < 4.78 is 17.8. The van der Waals surface area contributed by atoms with Crippen LogP contribution >= 0.6 is 0 Å². The number of nitrogens with zero attached hydrogens (tertiary/aromatic N) is 4. The minimum atomic E-state index is -1.18. The van der Waals surface area contributed by atoms with Crippen LogP contribution in [0.1, 0.15) is 20.1 Å². The van der Waals surface area contributed by atoms with Crippen molar-refractivity contribution in [3.8, 4) is 5.88 Å². The van der Waals surface area contributed by atoms with Gasteiger partial charge in [-0.1, -0.05) is 13.8 Å². The van der Waals surface area contributed by atoms with E-state index in [9.17, 15) is 15.0 Å². The summed E-state index contributed by atoms with van der Waals surface area (Å²) in [5, 5.41) is 19.8. The maximum Gasteiger partial charge on any atom is 0.308 e. The summed E-state index contributed by atoms with van der Waals surface area (Å²) in [5.41, 5.74) is 0.803. The van der Waals surface area contributed by atoms with Crippen molar-refractivity contribution in [3.63, 3.8) is 0 Å². The average molecular weight is 352 g/mol. The highest BCUT2D eigenvalue weighted by atomic mass is 16.6. The molecule has 10 heteroatoms. The highest BCUT2D eigenvalue weighted by Gasteiger charge is 2.47. The third-order valence-corrected chi connectivity index (χ3v) is 4.01. The van der Waals surface area contributed by atoms with Gasteiger partial charge in [0.05, 0.1) is 26.0 Å². The lowest BCUT2D eigenvalue weighted by atomic mass is 10.1. The molecule has 0 spiro atoms. The van der Waals surface area contributed by atoms with Crippen LogP contribution in [-0.4, -0.2) is 67.7 Å². The number of ether oxygens (including phenoxy) is 3. The number of esters is 1. The zero-order valence-electron chi connectivity index (χ0n) is 14.1. The number of aliphatic hydroxyl groups is 2. The summed E-state index contributed by atoms with van der Waals surface area (Å²) in [5.74, 6) is -0.562. The Bertz CT molecular complexity index is 764. The molecule has 1 fully saturated rings. The van der Waals surface area contributed by atoms with Crippen molar-refractivity contribution < 1.29 is 29.2 Å². The Kier molecular flexibility index (Phi) is 4.84. The molecule has 0 amide bonds. The Morgan fingerprint density at radius 2 is 2.16 bits per heavy atom. The first-order valence-corrected chi connectivity index (χ1v) is 7.84. The molecular weight excluding hydrogens is 332 g/mol. The largest absolute Gasteiger partial charge is 0.479 e. The van der Waals surface area contributed by atoms with Crippen LogP contribution in [0.15, 0.2) is 12.7 Å². The maximum atomic E-state index is 12.0. The molecule has 0 radical (unpaired) electrons. The van der Waals surface area contributed by atoms with Gasteiger partial charge >= 0.3 is 5.97 Å². The van der Waals surface area contributed by atoms with Crippen molar-refractivity contribution in [2.75, 3.05) is 13.7 Å². The van der Waals surface area contributed by atoms with Gasteiger partial charge in [0.25, 0.3) is 0 Å². The highest BCUT2D eigenvalue weighted by molar-refractivity contribution is 5.76. The van der Waals surface area contributed by atoms with Gasteiger partial charge in [0.1, 0.15) is 18.5 Å². The summed E-state index contributed by atoms with van der Waals surface area (Å²) in [6.45, 7) is 2.96. The molecular formula is C15H20N4O6. The predicted molar refractivity (Wildman–Crippen MR) is 83.6 cm³/mol. The van der Waals surface area contributed by atoms with Crippen LogP contribution in [0, 0.1) is 5.92 Å².